The van der Waals surface area contributed by atoms with E-state index in [1.54, 1.807) is 85.6 Å². The number of fused-ring (bicyclic) bond motifs is 2. The summed E-state index contributed by atoms with van der Waals surface area (Å²) in [4.78, 5) is 60.6. The molecule has 0 bridgehead atoms. The van der Waals surface area contributed by atoms with Crippen molar-refractivity contribution >= 4 is 103 Å². The van der Waals surface area contributed by atoms with E-state index in [0.717, 1.165) is 11.1 Å². The lowest BCUT2D eigenvalue weighted by atomic mass is 10.0. The highest BCUT2D eigenvalue weighted by molar-refractivity contribution is 6.41. The van der Waals surface area contributed by atoms with Gasteiger partial charge in [-0.25, -0.2) is 9.36 Å². The van der Waals surface area contributed by atoms with E-state index in [1.807, 2.05) is 64.1 Å². The number of benzene rings is 4. The first kappa shape index (κ1) is 66.7. The Morgan fingerprint density at radius 3 is 1.34 bits per heavy atom. The Morgan fingerprint density at radius 2 is 0.988 bits per heavy atom. The number of hydrogen-bond donors (Lipinski definition) is 5. The molecule has 0 spiro atoms. The van der Waals surface area contributed by atoms with Crippen molar-refractivity contribution in [3.05, 3.63) is 180 Å². The van der Waals surface area contributed by atoms with Gasteiger partial charge in [0.15, 0.2) is 11.2 Å². The number of amides is 2. The number of rotatable bonds is 25. The molecule has 0 aliphatic rings. The van der Waals surface area contributed by atoms with Crippen LogP contribution < -0.4 is 37.0 Å². The summed E-state index contributed by atoms with van der Waals surface area (Å²) in [7, 11) is 0. The summed E-state index contributed by atoms with van der Waals surface area (Å²) in [6.45, 7) is 17.3. The molecule has 4 aromatic carbocycles. The zero-order valence-corrected chi connectivity index (χ0v) is 53.1. The van der Waals surface area contributed by atoms with E-state index in [2.05, 4.69) is 30.6 Å². The van der Waals surface area contributed by atoms with Crippen LogP contribution in [-0.4, -0.2) is 105 Å². The van der Waals surface area contributed by atoms with Crippen LogP contribution in [0.25, 0.3) is 43.6 Å². The fourth-order valence-electron chi connectivity index (χ4n) is 9.07. The molecule has 8 rings (SSSR count). The van der Waals surface area contributed by atoms with Crippen molar-refractivity contribution in [3.8, 4) is 22.9 Å². The van der Waals surface area contributed by atoms with Crippen LogP contribution in [0.4, 0.5) is 0 Å². The number of aromatic nitrogens is 6. The van der Waals surface area contributed by atoms with Crippen LogP contribution in [0.5, 0.6) is 11.5 Å². The maximum absolute atomic E-state index is 13.3. The summed E-state index contributed by atoms with van der Waals surface area (Å²) < 4.78 is 25.7. The van der Waals surface area contributed by atoms with Gasteiger partial charge in [0.1, 0.15) is 22.9 Å². The van der Waals surface area contributed by atoms with E-state index in [0.29, 0.717) is 137 Å². The van der Waals surface area contributed by atoms with Crippen LogP contribution in [0.1, 0.15) is 101 Å². The number of halogens is 6. The van der Waals surface area contributed by atoms with Gasteiger partial charge in [0.2, 0.25) is 0 Å². The highest BCUT2D eigenvalue weighted by Gasteiger charge is 2.31. The molecule has 0 aliphatic carbocycles. The van der Waals surface area contributed by atoms with E-state index >= 15 is 0 Å². The Labute approximate surface area is 526 Å². The Bertz CT molecular complexity index is 3850. The summed E-state index contributed by atoms with van der Waals surface area (Å²) in [6.07, 6.45) is 0.849. The normalized spacial score (nSPS) is 11.7. The lowest BCUT2D eigenvalue weighted by Gasteiger charge is -2.25. The number of nitrogens with two attached hydrogens (primary N) is 1. The van der Waals surface area contributed by atoms with Crippen LogP contribution in [0.3, 0.4) is 0 Å². The standard InChI is InChI=1S/C30H32Cl3N7O4.C30H34Cl3N5O4/c1-17(2)26-25-24(40(38-26)27-22(32)14-19(31)15-23(27)33)16-20(37-28(25)41)13-18-5-7-21(8-6-18)44-30(3,4)29(42)35-9-11-43-12-10-36-39-34;1-17(2)26-25-24(38(37-26)27-22(32)14-19(31)15-23(27)33)16-20(36-28(25)39)13-18-5-7-21(8-6-18)42-30(3,4)29(40)35-10-12-41-11-9-34/h5-8,14-17H,9-13H2,1-4H3,(H,35,42)(H,37,41);5-8,14-17H,9-13,34H2,1-4H3,(H,35,40)(H,36,39). The third-order valence-electron chi connectivity index (χ3n) is 13.2. The minimum absolute atomic E-state index is 0.0195. The van der Waals surface area contributed by atoms with Crippen molar-refractivity contribution in [2.24, 2.45) is 10.8 Å². The average Bonchev–Trinajstić information content (AvgIpc) is 1.72. The van der Waals surface area contributed by atoms with Crippen LogP contribution >= 0.6 is 69.6 Å². The second-order valence-electron chi connectivity index (χ2n) is 21.5. The number of pyridine rings is 2. The lowest BCUT2D eigenvalue weighted by molar-refractivity contribution is -0.134. The number of ether oxygens (including phenoxy) is 4. The molecule has 0 fully saturated rings. The molecule has 20 nitrogen and oxygen atoms in total. The molecule has 26 heteroatoms. The predicted molar refractivity (Wildman–Crippen MR) is 340 cm³/mol. The third kappa shape index (κ3) is 16.8. The molecule has 456 valence electrons. The quantitative estimate of drug-likeness (QED) is 0.0155. The summed E-state index contributed by atoms with van der Waals surface area (Å²) in [6, 6.07) is 24.7. The van der Waals surface area contributed by atoms with E-state index in [1.165, 1.54) is 0 Å². The second kappa shape index (κ2) is 29.7. The van der Waals surface area contributed by atoms with Crippen molar-refractivity contribution in [2.45, 2.75) is 91.3 Å². The predicted octanol–water partition coefficient (Wildman–Crippen LogP) is 12.6. The van der Waals surface area contributed by atoms with Crippen molar-refractivity contribution in [1.82, 2.24) is 40.2 Å². The fraction of sp³-hybridized carbons (Fsp3) is 0.367. The molecule has 4 heterocycles. The second-order valence-corrected chi connectivity index (χ2v) is 24.0. The van der Waals surface area contributed by atoms with Gasteiger partial charge in [-0.1, -0.05) is 127 Å². The van der Waals surface area contributed by atoms with E-state index in [4.69, 9.17) is 110 Å². The van der Waals surface area contributed by atoms with E-state index in [-0.39, 0.29) is 61.1 Å². The van der Waals surface area contributed by atoms with Crippen molar-refractivity contribution < 1.29 is 28.5 Å². The SMILES string of the molecule is CC(C)c1nn(-c2c(Cl)cc(Cl)cc2Cl)c2cc(Cc3ccc(OC(C)(C)C(=O)NCCOCCN)cc3)[nH]c(=O)c12.CC(C)c1nn(-c2c(Cl)cc(Cl)cc2Cl)c2cc(Cc3ccc(OC(C)(C)C(=O)NCCOCCN=[N+]=[N-])cc3)[nH]c(=O)c12. The molecule has 0 saturated carbocycles. The number of H-pyrrole nitrogens is 2. The molecule has 86 heavy (non-hydrogen) atoms. The molecule has 0 aliphatic heterocycles. The first-order valence-corrected chi connectivity index (χ1v) is 29.7. The van der Waals surface area contributed by atoms with Gasteiger partial charge < -0.3 is 45.3 Å². The van der Waals surface area contributed by atoms with E-state index in [9.17, 15) is 19.2 Å². The van der Waals surface area contributed by atoms with Crippen LogP contribution in [0.2, 0.25) is 30.1 Å². The molecule has 0 unspecified atom stereocenters. The highest BCUT2D eigenvalue weighted by Crippen LogP contribution is 2.37. The van der Waals surface area contributed by atoms with Gasteiger partial charge in [-0.05, 0) is 117 Å². The zero-order chi connectivity index (χ0) is 62.6. The minimum atomic E-state index is -1.14. The maximum atomic E-state index is 13.3. The van der Waals surface area contributed by atoms with Gasteiger partial charge in [-0.3, -0.25) is 19.2 Å². The highest BCUT2D eigenvalue weighted by atomic mass is 35.5. The first-order chi connectivity index (χ1) is 40.8. The minimum Gasteiger partial charge on any atom is -0.478 e. The Morgan fingerprint density at radius 1 is 0.616 bits per heavy atom. The Hall–Kier alpha value is -6.81. The molecule has 0 radical (unpaired) electrons. The maximum Gasteiger partial charge on any atom is 0.263 e. The van der Waals surface area contributed by atoms with Crippen LogP contribution in [-0.2, 0) is 31.9 Å². The summed E-state index contributed by atoms with van der Waals surface area (Å²) in [5, 5.41) is 21.4. The molecule has 6 N–H and O–H groups in total. The zero-order valence-electron chi connectivity index (χ0n) is 48.6. The van der Waals surface area contributed by atoms with Gasteiger partial charge in [-0.15, -0.1) is 0 Å². The average molecular weight is 1300 g/mol. The summed E-state index contributed by atoms with van der Waals surface area (Å²) >= 11 is 38.4. The van der Waals surface area contributed by atoms with Gasteiger partial charge in [0.05, 0.1) is 79.7 Å². The number of aromatic amines is 2. The lowest BCUT2D eigenvalue weighted by Crippen LogP contribution is -2.47. The third-order valence-corrected chi connectivity index (χ3v) is 14.8. The largest absolute Gasteiger partial charge is 0.478 e. The number of nitrogens with zero attached hydrogens (tertiary/aromatic N) is 7. The molecule has 4 aromatic heterocycles. The topological polar surface area (TPSA) is 271 Å². The number of carbonyl (C=O) groups excluding carboxylic acids is 2. The summed E-state index contributed by atoms with van der Waals surface area (Å²) in [5.74, 6) is 0.438. The van der Waals surface area contributed by atoms with E-state index < -0.39 is 11.2 Å². The fourth-order valence-corrected chi connectivity index (χ4v) is 11.0. The molecule has 0 atom stereocenters. The molecule has 2 amide bonds. The first-order valence-electron chi connectivity index (χ1n) is 27.4. The summed E-state index contributed by atoms with van der Waals surface area (Å²) in [5.41, 5.74) is 17.4. The molecular formula is C60H66Cl6N12O8. The Balaban J connectivity index is 0.000000246. The van der Waals surface area contributed by atoms with Crippen LogP contribution in [0.15, 0.2) is 99.6 Å². The van der Waals surface area contributed by atoms with Crippen molar-refractivity contribution in [3.63, 3.8) is 0 Å². The van der Waals surface area contributed by atoms with Crippen molar-refractivity contribution in [2.75, 3.05) is 52.6 Å². The smallest absolute Gasteiger partial charge is 0.263 e. The monoisotopic (exact) mass is 1290 g/mol. The molecular weight excluding hydrogens is 1230 g/mol. The van der Waals surface area contributed by atoms with Gasteiger partial charge in [0.25, 0.3) is 22.9 Å². The number of azide groups is 1. The number of hydrogen-bond acceptors (Lipinski definition) is 12. The van der Waals surface area contributed by atoms with Crippen LogP contribution in [0, 0.1) is 0 Å². The number of nitrogens with one attached hydrogen (secondary N) is 4. The van der Waals surface area contributed by atoms with Crippen molar-refractivity contribution in [1.29, 1.82) is 0 Å². The Kier molecular flexibility index (Phi) is 23.1. The van der Waals surface area contributed by atoms with Gasteiger partial charge >= 0.3 is 0 Å². The van der Waals surface area contributed by atoms with Gasteiger partial charge in [-0.2, -0.15) is 10.2 Å². The molecule has 0 saturated heterocycles. The molecule has 8 aromatic rings. The number of carbonyl (C=O) groups is 2. The van der Waals surface area contributed by atoms with Gasteiger partial charge in [0, 0.05) is 65.4 Å².